The first kappa shape index (κ1) is 18.9. The smallest absolute Gasteiger partial charge is 0.169 e. The zero-order valence-electron chi connectivity index (χ0n) is 12.8. The molecule has 0 bridgehead atoms. The van der Waals surface area contributed by atoms with Gasteiger partial charge >= 0.3 is 0 Å². The molecule has 1 aromatic carbocycles. The third-order valence-electron chi connectivity index (χ3n) is 3.39. The highest BCUT2D eigenvalue weighted by Crippen LogP contribution is 2.22. The Hall–Kier alpha value is -1.12. The van der Waals surface area contributed by atoms with Crippen molar-refractivity contribution in [2.75, 3.05) is 40.5 Å². The van der Waals surface area contributed by atoms with Crippen molar-refractivity contribution in [3.05, 3.63) is 35.4 Å². The molecule has 7 heteroatoms. The summed E-state index contributed by atoms with van der Waals surface area (Å²) in [5.41, 5.74) is -0.181. The molecule has 0 amide bonds. The predicted octanol–water partition coefficient (Wildman–Crippen LogP) is 1.74. The molecule has 0 aromatic heterocycles. The molecular formula is C15H22F2NO4. The molecule has 0 aliphatic heterocycles. The lowest BCUT2D eigenvalue weighted by Gasteiger charge is -2.26. The minimum Gasteiger partial charge on any atom is -0.395 e. The van der Waals surface area contributed by atoms with Crippen LogP contribution >= 0.6 is 0 Å². The zero-order chi connectivity index (χ0) is 16.5. The summed E-state index contributed by atoms with van der Waals surface area (Å²) in [6, 6.07) is 3.58. The molecule has 1 rings (SSSR count). The summed E-state index contributed by atoms with van der Waals surface area (Å²) in [5.74, 6) is -2.12. The molecule has 0 heterocycles. The van der Waals surface area contributed by atoms with Gasteiger partial charge in [-0.3, -0.25) is 4.90 Å². The van der Waals surface area contributed by atoms with Crippen LogP contribution in [0, 0.1) is 11.6 Å². The fourth-order valence-electron chi connectivity index (χ4n) is 2.12. The van der Waals surface area contributed by atoms with E-state index >= 15 is 0 Å². The molecule has 0 spiro atoms. The quantitative estimate of drug-likeness (QED) is 0.668. The van der Waals surface area contributed by atoms with E-state index in [1.807, 2.05) is 0 Å². The molecule has 0 aliphatic rings. The Labute approximate surface area is 129 Å². The monoisotopic (exact) mass is 318 g/mol. The Kier molecular flexibility index (Phi) is 8.44. The second kappa shape index (κ2) is 9.81. The number of methoxy groups -OCH3 is 2. The lowest BCUT2D eigenvalue weighted by Crippen LogP contribution is -2.37. The van der Waals surface area contributed by atoms with Gasteiger partial charge in [-0.2, -0.15) is 0 Å². The molecule has 0 saturated heterocycles. The number of aliphatic hydroxyl groups is 1. The number of nitrogens with zero attached hydrogens (tertiary/aromatic N) is 1. The van der Waals surface area contributed by atoms with E-state index in [1.54, 1.807) is 4.90 Å². The Morgan fingerprint density at radius 3 is 2.50 bits per heavy atom. The highest BCUT2D eigenvalue weighted by atomic mass is 19.2. The number of aliphatic hydroxyl groups excluding tert-OH is 1. The summed E-state index contributed by atoms with van der Waals surface area (Å²) >= 11 is 0. The fourth-order valence-corrected chi connectivity index (χ4v) is 2.12. The molecule has 0 saturated carbocycles. The van der Waals surface area contributed by atoms with E-state index in [0.29, 0.717) is 19.6 Å². The number of halogens is 2. The molecule has 1 N–H and O–H groups in total. The molecule has 1 aromatic rings. The maximum absolute atomic E-state index is 13.6. The lowest BCUT2D eigenvalue weighted by atomic mass is 10.1. The first-order valence-corrected chi connectivity index (χ1v) is 7.02. The maximum Gasteiger partial charge on any atom is 0.169 e. The number of benzene rings is 1. The SMILES string of the molecule is COC(CN(CCO)CCC([O])c1cccc(F)c1F)OC. The number of hydrogen-bond donors (Lipinski definition) is 1. The average Bonchev–Trinajstić information content (AvgIpc) is 2.52. The molecule has 0 aliphatic carbocycles. The third-order valence-corrected chi connectivity index (χ3v) is 3.39. The molecule has 5 nitrogen and oxygen atoms in total. The third kappa shape index (κ3) is 5.58. The Bertz CT molecular complexity index is 444. The van der Waals surface area contributed by atoms with Crippen LogP contribution in [0.1, 0.15) is 18.1 Å². The average molecular weight is 318 g/mol. The largest absolute Gasteiger partial charge is 0.395 e. The second-order valence-electron chi connectivity index (χ2n) is 4.85. The van der Waals surface area contributed by atoms with Crippen LogP contribution in [0.5, 0.6) is 0 Å². The fraction of sp³-hybridized carbons (Fsp3) is 0.600. The molecule has 1 unspecified atom stereocenters. The standard InChI is InChI=1S/C15H22F2NO4/c1-21-14(22-2)10-18(8-9-19)7-6-13(20)11-4-3-5-12(16)15(11)17/h3-5,13-14,19H,6-10H2,1-2H3. The van der Waals surface area contributed by atoms with E-state index in [1.165, 1.54) is 26.4 Å². The molecular weight excluding hydrogens is 296 g/mol. The van der Waals surface area contributed by atoms with Crippen molar-refractivity contribution in [2.24, 2.45) is 0 Å². The van der Waals surface area contributed by atoms with Gasteiger partial charge in [0.2, 0.25) is 0 Å². The maximum atomic E-state index is 13.6. The van der Waals surface area contributed by atoms with Gasteiger partial charge in [-0.1, -0.05) is 12.1 Å². The molecule has 0 fully saturated rings. The van der Waals surface area contributed by atoms with Gasteiger partial charge < -0.3 is 14.6 Å². The van der Waals surface area contributed by atoms with Gasteiger partial charge in [0.25, 0.3) is 0 Å². The summed E-state index contributed by atoms with van der Waals surface area (Å²) in [5, 5.41) is 21.1. The summed E-state index contributed by atoms with van der Waals surface area (Å²) in [7, 11) is 2.98. The van der Waals surface area contributed by atoms with Crippen LogP contribution in [0.3, 0.4) is 0 Å². The van der Waals surface area contributed by atoms with Crippen molar-refractivity contribution >= 4 is 0 Å². The predicted molar refractivity (Wildman–Crippen MR) is 75.7 cm³/mol. The Balaban J connectivity index is 2.61. The van der Waals surface area contributed by atoms with Crippen molar-refractivity contribution in [3.63, 3.8) is 0 Å². The van der Waals surface area contributed by atoms with Crippen LogP contribution in [0.25, 0.3) is 0 Å². The van der Waals surface area contributed by atoms with Crippen molar-refractivity contribution < 1.29 is 28.5 Å². The van der Waals surface area contributed by atoms with Gasteiger partial charge in [0.15, 0.2) is 17.9 Å². The van der Waals surface area contributed by atoms with Gasteiger partial charge in [-0.05, 0) is 12.5 Å². The van der Waals surface area contributed by atoms with E-state index in [0.717, 1.165) is 6.07 Å². The summed E-state index contributed by atoms with van der Waals surface area (Å²) in [4.78, 5) is 1.78. The molecule has 22 heavy (non-hydrogen) atoms. The molecule has 1 atom stereocenters. The van der Waals surface area contributed by atoms with Crippen LogP contribution < -0.4 is 0 Å². The van der Waals surface area contributed by atoms with E-state index in [9.17, 15) is 13.9 Å². The van der Waals surface area contributed by atoms with Gasteiger partial charge in [0.05, 0.1) is 6.61 Å². The Morgan fingerprint density at radius 2 is 1.91 bits per heavy atom. The highest BCUT2D eigenvalue weighted by Gasteiger charge is 2.19. The van der Waals surface area contributed by atoms with Gasteiger partial charge in [0.1, 0.15) is 6.10 Å². The van der Waals surface area contributed by atoms with Gasteiger partial charge in [-0.25, -0.2) is 13.9 Å². The van der Waals surface area contributed by atoms with Crippen molar-refractivity contribution in [1.29, 1.82) is 0 Å². The Morgan fingerprint density at radius 1 is 1.23 bits per heavy atom. The minimum absolute atomic E-state index is 0.0839. The molecule has 125 valence electrons. The summed E-state index contributed by atoms with van der Waals surface area (Å²) in [6.45, 7) is 0.930. The minimum atomic E-state index is -1.37. The van der Waals surface area contributed by atoms with Crippen LogP contribution in [-0.4, -0.2) is 56.8 Å². The van der Waals surface area contributed by atoms with Gasteiger partial charge in [0, 0.05) is 39.4 Å². The van der Waals surface area contributed by atoms with Crippen molar-refractivity contribution in [2.45, 2.75) is 18.8 Å². The number of rotatable bonds is 10. The van der Waals surface area contributed by atoms with Gasteiger partial charge in [-0.15, -0.1) is 0 Å². The zero-order valence-corrected chi connectivity index (χ0v) is 12.8. The van der Waals surface area contributed by atoms with E-state index < -0.39 is 24.0 Å². The lowest BCUT2D eigenvalue weighted by molar-refractivity contribution is -0.118. The van der Waals surface area contributed by atoms with E-state index in [-0.39, 0.29) is 18.6 Å². The van der Waals surface area contributed by atoms with Crippen LogP contribution in [-0.2, 0) is 14.6 Å². The van der Waals surface area contributed by atoms with Crippen molar-refractivity contribution in [1.82, 2.24) is 4.90 Å². The first-order chi connectivity index (χ1) is 10.5. The van der Waals surface area contributed by atoms with E-state index in [2.05, 4.69) is 0 Å². The number of hydrogen-bond acceptors (Lipinski definition) is 4. The van der Waals surface area contributed by atoms with Crippen LogP contribution in [0.4, 0.5) is 8.78 Å². The highest BCUT2D eigenvalue weighted by molar-refractivity contribution is 5.21. The summed E-state index contributed by atoms with van der Waals surface area (Å²) in [6.07, 6.45) is -1.77. The van der Waals surface area contributed by atoms with Crippen LogP contribution in [0.15, 0.2) is 18.2 Å². The number of ether oxygens (including phenoxy) is 2. The molecule has 1 radical (unpaired) electrons. The van der Waals surface area contributed by atoms with E-state index in [4.69, 9.17) is 14.6 Å². The van der Waals surface area contributed by atoms with Crippen LogP contribution in [0.2, 0.25) is 0 Å². The van der Waals surface area contributed by atoms with Crippen molar-refractivity contribution in [3.8, 4) is 0 Å². The normalized spacial score (nSPS) is 13.1. The summed E-state index contributed by atoms with van der Waals surface area (Å²) < 4.78 is 36.8. The topological polar surface area (TPSA) is 61.8 Å². The first-order valence-electron chi connectivity index (χ1n) is 7.02. The second-order valence-corrected chi connectivity index (χ2v) is 4.85.